The van der Waals surface area contributed by atoms with Crippen LogP contribution in [0.4, 0.5) is 5.82 Å². The minimum atomic E-state index is -0.248. The highest BCUT2D eigenvalue weighted by Crippen LogP contribution is 2.40. The molecule has 0 fully saturated rings. The molecule has 0 spiro atoms. The summed E-state index contributed by atoms with van der Waals surface area (Å²) in [7, 11) is 1.63. The zero-order chi connectivity index (χ0) is 22.0. The molecule has 0 atom stereocenters. The Balaban J connectivity index is 1.78. The summed E-state index contributed by atoms with van der Waals surface area (Å²) in [5.41, 5.74) is 6.59. The van der Waals surface area contributed by atoms with E-state index in [0.29, 0.717) is 11.6 Å². The van der Waals surface area contributed by atoms with Crippen LogP contribution in [0.2, 0.25) is 0 Å². The number of rotatable bonds is 5. The topological polar surface area (TPSA) is 64.4 Å². The van der Waals surface area contributed by atoms with Crippen LogP contribution in [0.3, 0.4) is 0 Å². The van der Waals surface area contributed by atoms with Crippen molar-refractivity contribution in [2.75, 3.05) is 12.4 Å². The van der Waals surface area contributed by atoms with Crippen LogP contribution in [0.5, 0.6) is 5.75 Å². The molecule has 4 rings (SSSR count). The average Bonchev–Trinajstić information content (AvgIpc) is 3.19. The Labute approximate surface area is 181 Å². The van der Waals surface area contributed by atoms with Crippen LogP contribution in [0.15, 0.2) is 71.5 Å². The van der Waals surface area contributed by atoms with Crippen LogP contribution < -0.4 is 10.1 Å². The van der Waals surface area contributed by atoms with Gasteiger partial charge in [0.25, 0.3) is 0 Å². The summed E-state index contributed by atoms with van der Waals surface area (Å²) in [5.74, 6) is 0.949. The number of hydrogen-bond donors (Lipinski definition) is 1. The second kappa shape index (κ2) is 8.48. The molecule has 0 saturated heterocycles. The van der Waals surface area contributed by atoms with Crippen LogP contribution in [0.1, 0.15) is 23.6 Å². The predicted molar refractivity (Wildman–Crippen MR) is 124 cm³/mol. The van der Waals surface area contributed by atoms with E-state index in [1.54, 1.807) is 37.8 Å². The molecule has 2 aromatic carbocycles. The number of ether oxygens (including phenoxy) is 1. The van der Waals surface area contributed by atoms with Crippen molar-refractivity contribution in [2.45, 2.75) is 20.8 Å². The predicted octanol–water partition coefficient (Wildman–Crippen LogP) is 6.16. The number of furan rings is 1. The normalized spacial score (nSPS) is 11.5. The van der Waals surface area contributed by atoms with E-state index in [2.05, 4.69) is 41.5 Å². The van der Waals surface area contributed by atoms with Gasteiger partial charge in [-0.25, -0.2) is 4.98 Å². The van der Waals surface area contributed by atoms with E-state index in [4.69, 9.17) is 9.15 Å². The van der Waals surface area contributed by atoms with Crippen LogP contribution >= 0.6 is 0 Å². The lowest BCUT2D eigenvalue weighted by Crippen LogP contribution is -2.09. The first kappa shape index (κ1) is 20.4. The lowest BCUT2D eigenvalue weighted by Gasteiger charge is -2.13. The van der Waals surface area contributed by atoms with E-state index in [1.165, 1.54) is 5.56 Å². The van der Waals surface area contributed by atoms with E-state index < -0.39 is 0 Å². The third-order valence-corrected chi connectivity index (χ3v) is 5.30. The summed E-state index contributed by atoms with van der Waals surface area (Å²) in [6, 6.07) is 15.7. The maximum atomic E-state index is 12.5. The van der Waals surface area contributed by atoms with E-state index >= 15 is 0 Å². The van der Waals surface area contributed by atoms with Crippen molar-refractivity contribution in [3.8, 4) is 16.9 Å². The Morgan fingerprint density at radius 3 is 2.58 bits per heavy atom. The SMILES string of the molecule is COc1c(/C(C)=C/C(=O)Nc2ccccn2)cc2c(-c3ccc(C)cc3)coc2c1C. The summed E-state index contributed by atoms with van der Waals surface area (Å²) in [6.45, 7) is 5.93. The molecule has 1 N–H and O–H groups in total. The lowest BCUT2D eigenvalue weighted by molar-refractivity contribution is -0.111. The molecule has 0 aliphatic heterocycles. The van der Waals surface area contributed by atoms with E-state index in [-0.39, 0.29) is 5.91 Å². The highest BCUT2D eigenvalue weighted by molar-refractivity contribution is 6.05. The van der Waals surface area contributed by atoms with Gasteiger partial charge in [-0.3, -0.25) is 4.79 Å². The van der Waals surface area contributed by atoms with Crippen molar-refractivity contribution in [1.82, 2.24) is 4.98 Å². The van der Waals surface area contributed by atoms with Crippen LogP contribution in [0, 0.1) is 13.8 Å². The molecular formula is C26H24N2O3. The molecule has 5 heteroatoms. The lowest BCUT2D eigenvalue weighted by atomic mass is 9.96. The number of nitrogens with zero attached hydrogens (tertiary/aromatic N) is 1. The number of fused-ring (bicyclic) bond motifs is 1. The Hall–Kier alpha value is -3.86. The van der Waals surface area contributed by atoms with Gasteiger partial charge in [-0.2, -0.15) is 0 Å². The fourth-order valence-electron chi connectivity index (χ4n) is 3.70. The number of carbonyl (C=O) groups is 1. The summed E-state index contributed by atoms with van der Waals surface area (Å²) in [4.78, 5) is 16.7. The van der Waals surface area contributed by atoms with Gasteiger partial charge in [0.15, 0.2) is 0 Å². The number of allylic oxidation sites excluding steroid dienone is 1. The van der Waals surface area contributed by atoms with E-state index in [1.807, 2.05) is 26.0 Å². The van der Waals surface area contributed by atoms with Crippen LogP contribution in [-0.2, 0) is 4.79 Å². The third kappa shape index (κ3) is 4.08. The maximum Gasteiger partial charge on any atom is 0.249 e. The van der Waals surface area contributed by atoms with Gasteiger partial charge >= 0.3 is 0 Å². The fraction of sp³-hybridized carbons (Fsp3) is 0.154. The van der Waals surface area contributed by atoms with Crippen molar-refractivity contribution in [2.24, 2.45) is 0 Å². The van der Waals surface area contributed by atoms with E-state index in [9.17, 15) is 4.79 Å². The van der Waals surface area contributed by atoms with Gasteiger partial charge in [0, 0.05) is 34.3 Å². The highest BCUT2D eigenvalue weighted by atomic mass is 16.5. The molecule has 4 aromatic rings. The number of anilines is 1. The Morgan fingerprint density at radius 2 is 1.90 bits per heavy atom. The fourth-order valence-corrected chi connectivity index (χ4v) is 3.70. The molecule has 0 bridgehead atoms. The number of amides is 1. The van der Waals surface area contributed by atoms with Gasteiger partial charge in [-0.05, 0) is 50.1 Å². The molecule has 0 aliphatic rings. The summed E-state index contributed by atoms with van der Waals surface area (Å²) >= 11 is 0. The summed E-state index contributed by atoms with van der Waals surface area (Å²) in [6.07, 6.45) is 4.97. The van der Waals surface area contributed by atoms with Gasteiger partial charge in [-0.15, -0.1) is 0 Å². The zero-order valence-electron chi connectivity index (χ0n) is 18.0. The number of benzene rings is 2. The molecule has 0 radical (unpaired) electrons. The summed E-state index contributed by atoms with van der Waals surface area (Å²) in [5, 5.41) is 3.77. The zero-order valence-corrected chi connectivity index (χ0v) is 18.0. The second-order valence-electron chi connectivity index (χ2n) is 7.51. The Morgan fingerprint density at radius 1 is 1.13 bits per heavy atom. The number of aromatic nitrogens is 1. The van der Waals surface area contributed by atoms with Crippen molar-refractivity contribution in [1.29, 1.82) is 0 Å². The molecule has 2 heterocycles. The van der Waals surface area contributed by atoms with Crippen molar-refractivity contribution in [3.05, 3.63) is 83.8 Å². The average molecular weight is 412 g/mol. The smallest absolute Gasteiger partial charge is 0.249 e. The minimum Gasteiger partial charge on any atom is -0.496 e. The molecule has 31 heavy (non-hydrogen) atoms. The van der Waals surface area contributed by atoms with Crippen molar-refractivity contribution in [3.63, 3.8) is 0 Å². The molecular weight excluding hydrogens is 388 g/mol. The van der Waals surface area contributed by atoms with Crippen molar-refractivity contribution >= 4 is 28.3 Å². The number of hydrogen-bond acceptors (Lipinski definition) is 4. The molecule has 0 saturated carbocycles. The second-order valence-corrected chi connectivity index (χ2v) is 7.51. The Kier molecular flexibility index (Phi) is 5.58. The number of pyridine rings is 1. The Bertz CT molecular complexity index is 1270. The van der Waals surface area contributed by atoms with Gasteiger partial charge in [-0.1, -0.05) is 35.9 Å². The van der Waals surface area contributed by atoms with Gasteiger partial charge in [0.05, 0.1) is 13.4 Å². The first-order valence-electron chi connectivity index (χ1n) is 10.0. The highest BCUT2D eigenvalue weighted by Gasteiger charge is 2.18. The quantitative estimate of drug-likeness (QED) is 0.399. The van der Waals surface area contributed by atoms with Gasteiger partial charge in [0.1, 0.15) is 17.2 Å². The molecule has 1 amide bonds. The minimum absolute atomic E-state index is 0.248. The number of carbonyl (C=O) groups excluding carboxylic acids is 1. The number of nitrogens with one attached hydrogen (secondary N) is 1. The summed E-state index contributed by atoms with van der Waals surface area (Å²) < 4.78 is 11.6. The molecule has 156 valence electrons. The maximum absolute atomic E-state index is 12.5. The largest absolute Gasteiger partial charge is 0.496 e. The standard InChI is InChI=1S/C26H24N2O3/c1-16-8-10-19(11-9-16)22-15-31-26-18(3)25(30-4)20(14-21(22)26)17(2)13-24(29)28-23-7-5-6-12-27-23/h5-15H,1-4H3,(H,27,28,29)/b17-13+. The third-order valence-electron chi connectivity index (χ3n) is 5.30. The van der Waals surface area contributed by atoms with Crippen molar-refractivity contribution < 1.29 is 13.9 Å². The first-order chi connectivity index (χ1) is 15.0. The van der Waals surface area contributed by atoms with Crippen LogP contribution in [-0.4, -0.2) is 18.0 Å². The molecule has 0 aliphatic carbocycles. The molecule has 5 nitrogen and oxygen atoms in total. The molecule has 2 aromatic heterocycles. The van der Waals surface area contributed by atoms with Crippen LogP contribution in [0.25, 0.3) is 27.7 Å². The molecule has 0 unspecified atom stereocenters. The van der Waals surface area contributed by atoms with Gasteiger partial charge < -0.3 is 14.5 Å². The first-order valence-corrected chi connectivity index (χ1v) is 10.0. The van der Waals surface area contributed by atoms with Gasteiger partial charge in [0.2, 0.25) is 5.91 Å². The monoisotopic (exact) mass is 412 g/mol. The van der Waals surface area contributed by atoms with E-state index in [0.717, 1.165) is 38.8 Å². The number of methoxy groups -OCH3 is 1. The number of aryl methyl sites for hydroxylation is 2.